The van der Waals surface area contributed by atoms with Crippen LogP contribution in [0.25, 0.3) is 0 Å². The van der Waals surface area contributed by atoms with Gasteiger partial charge in [0.1, 0.15) is 11.6 Å². The van der Waals surface area contributed by atoms with Gasteiger partial charge in [0, 0.05) is 20.4 Å². The molecular formula is C21H31NO5. The maximum Gasteiger partial charge on any atom is 0.329 e. The molecule has 0 aromatic heterocycles. The Morgan fingerprint density at radius 3 is 2.07 bits per heavy atom. The number of carbonyl (C=O) groups is 3. The predicted octanol–water partition coefficient (Wildman–Crippen LogP) is 2.99. The minimum absolute atomic E-state index is 0.222. The Kier molecular flexibility index (Phi) is 8.00. The van der Waals surface area contributed by atoms with Crippen molar-refractivity contribution in [2.75, 3.05) is 7.05 Å². The van der Waals surface area contributed by atoms with Crippen LogP contribution >= 0.6 is 0 Å². The molecule has 0 aliphatic carbocycles. The van der Waals surface area contributed by atoms with Crippen molar-refractivity contribution in [2.24, 2.45) is 5.92 Å². The molecule has 6 nitrogen and oxygen atoms in total. The summed E-state index contributed by atoms with van der Waals surface area (Å²) in [6, 6.07) is 8.59. The molecule has 0 aliphatic heterocycles. The van der Waals surface area contributed by atoms with Gasteiger partial charge in [0.25, 0.3) is 5.91 Å². The highest BCUT2D eigenvalue weighted by Gasteiger charge is 2.36. The smallest absolute Gasteiger partial charge is 0.329 e. The molecule has 0 aliphatic rings. The van der Waals surface area contributed by atoms with Crippen LogP contribution in [0.1, 0.15) is 47.1 Å². The minimum Gasteiger partial charge on any atom is -0.458 e. The van der Waals surface area contributed by atoms with E-state index in [4.69, 9.17) is 9.47 Å². The third-order valence-corrected chi connectivity index (χ3v) is 3.91. The number of nitrogens with zero attached hydrogens (tertiary/aromatic N) is 1. The van der Waals surface area contributed by atoms with Gasteiger partial charge in [-0.3, -0.25) is 9.59 Å². The van der Waals surface area contributed by atoms with Gasteiger partial charge in [0.05, 0.1) is 0 Å². The van der Waals surface area contributed by atoms with E-state index in [1.165, 1.54) is 11.8 Å². The molecule has 0 bridgehead atoms. The number of amides is 1. The zero-order valence-corrected chi connectivity index (χ0v) is 17.3. The molecule has 27 heavy (non-hydrogen) atoms. The van der Waals surface area contributed by atoms with Gasteiger partial charge in [-0.1, -0.05) is 44.2 Å². The molecule has 0 saturated heterocycles. The van der Waals surface area contributed by atoms with Crippen molar-refractivity contribution < 1.29 is 23.9 Å². The van der Waals surface area contributed by atoms with Gasteiger partial charge in [-0.15, -0.1) is 0 Å². The maximum atomic E-state index is 13.0. The Hall–Kier alpha value is -2.37. The highest BCUT2D eigenvalue weighted by atomic mass is 16.6. The van der Waals surface area contributed by atoms with E-state index in [1.807, 2.05) is 30.3 Å². The number of carbonyl (C=O) groups excluding carboxylic acids is 3. The minimum atomic E-state index is -0.951. The van der Waals surface area contributed by atoms with E-state index in [-0.39, 0.29) is 5.92 Å². The van der Waals surface area contributed by atoms with Gasteiger partial charge in [-0.05, 0) is 32.3 Å². The van der Waals surface area contributed by atoms with E-state index in [1.54, 1.807) is 41.7 Å². The number of hydrogen-bond donors (Lipinski definition) is 0. The maximum absolute atomic E-state index is 13.0. The largest absolute Gasteiger partial charge is 0.458 e. The lowest BCUT2D eigenvalue weighted by Gasteiger charge is -2.33. The highest BCUT2D eigenvalue weighted by molar-refractivity contribution is 5.88. The monoisotopic (exact) mass is 377 g/mol. The summed E-state index contributed by atoms with van der Waals surface area (Å²) in [5.41, 5.74) is 0.227. The molecule has 1 amide bonds. The van der Waals surface area contributed by atoms with Gasteiger partial charge >= 0.3 is 11.9 Å². The lowest BCUT2D eigenvalue weighted by Crippen LogP contribution is -2.51. The van der Waals surface area contributed by atoms with Crippen molar-refractivity contribution in [1.82, 2.24) is 4.90 Å². The van der Waals surface area contributed by atoms with Crippen LogP contribution < -0.4 is 0 Å². The van der Waals surface area contributed by atoms with Crippen LogP contribution in [0, 0.1) is 5.92 Å². The summed E-state index contributed by atoms with van der Waals surface area (Å²) in [5.74, 6) is -1.67. The molecule has 1 rings (SSSR count). The van der Waals surface area contributed by atoms with Crippen molar-refractivity contribution in [1.29, 1.82) is 0 Å². The zero-order chi connectivity index (χ0) is 20.8. The molecule has 0 heterocycles. The van der Waals surface area contributed by atoms with Gasteiger partial charge in [-0.25, -0.2) is 4.79 Å². The first kappa shape index (κ1) is 22.7. The molecule has 0 saturated carbocycles. The van der Waals surface area contributed by atoms with Crippen LogP contribution in [0.5, 0.6) is 0 Å². The summed E-state index contributed by atoms with van der Waals surface area (Å²) >= 11 is 0. The number of ether oxygens (including phenoxy) is 2. The Labute approximate surface area is 161 Å². The van der Waals surface area contributed by atoms with Crippen LogP contribution in [0.2, 0.25) is 0 Å². The Bertz CT molecular complexity index is 648. The van der Waals surface area contributed by atoms with E-state index in [0.29, 0.717) is 6.42 Å². The lowest BCUT2D eigenvalue weighted by molar-refractivity contribution is -0.169. The molecule has 0 spiro atoms. The Morgan fingerprint density at radius 1 is 1.07 bits per heavy atom. The summed E-state index contributed by atoms with van der Waals surface area (Å²) in [6.45, 7) is 10.2. The van der Waals surface area contributed by atoms with Crippen molar-refractivity contribution >= 4 is 17.8 Å². The van der Waals surface area contributed by atoms with Crippen LogP contribution in [0.15, 0.2) is 30.3 Å². The summed E-state index contributed by atoms with van der Waals surface area (Å²) in [6.07, 6.45) is -0.642. The number of hydrogen-bond acceptors (Lipinski definition) is 5. The van der Waals surface area contributed by atoms with Gasteiger partial charge in [-0.2, -0.15) is 0 Å². The Balaban J connectivity index is 3.13. The van der Waals surface area contributed by atoms with E-state index in [2.05, 4.69) is 0 Å². The molecule has 0 unspecified atom stereocenters. The second-order valence-corrected chi connectivity index (χ2v) is 7.96. The second-order valence-electron chi connectivity index (χ2n) is 7.96. The lowest BCUT2D eigenvalue weighted by atomic mass is 10.0. The number of benzene rings is 1. The number of rotatable bonds is 7. The number of esters is 2. The van der Waals surface area contributed by atoms with Crippen molar-refractivity contribution in [3.05, 3.63) is 35.9 Å². The normalized spacial score (nSPS) is 13.6. The quantitative estimate of drug-likeness (QED) is 0.683. The van der Waals surface area contributed by atoms with Crippen LogP contribution in [-0.2, 0) is 30.3 Å². The van der Waals surface area contributed by atoms with Crippen LogP contribution in [0.4, 0.5) is 0 Å². The van der Waals surface area contributed by atoms with Crippen molar-refractivity contribution in [3.63, 3.8) is 0 Å². The summed E-state index contributed by atoms with van der Waals surface area (Å²) in [7, 11) is 1.54. The van der Waals surface area contributed by atoms with Crippen molar-refractivity contribution in [3.8, 4) is 0 Å². The Morgan fingerprint density at radius 2 is 1.63 bits per heavy atom. The molecule has 0 fully saturated rings. The molecule has 0 N–H and O–H groups in total. The van der Waals surface area contributed by atoms with E-state index in [9.17, 15) is 14.4 Å². The highest BCUT2D eigenvalue weighted by Crippen LogP contribution is 2.18. The fourth-order valence-corrected chi connectivity index (χ4v) is 2.59. The van der Waals surface area contributed by atoms with E-state index >= 15 is 0 Å². The molecule has 150 valence electrons. The van der Waals surface area contributed by atoms with Crippen LogP contribution in [-0.4, -0.2) is 47.5 Å². The van der Waals surface area contributed by atoms with E-state index < -0.39 is 35.6 Å². The van der Waals surface area contributed by atoms with E-state index in [0.717, 1.165) is 5.56 Å². The first-order valence-corrected chi connectivity index (χ1v) is 9.13. The fourth-order valence-electron chi connectivity index (χ4n) is 2.59. The predicted molar refractivity (Wildman–Crippen MR) is 103 cm³/mol. The molecule has 1 aromatic carbocycles. The fraction of sp³-hybridized carbons (Fsp3) is 0.571. The number of likely N-dealkylation sites (N-methyl/N-ethyl adjacent to an activating group) is 1. The van der Waals surface area contributed by atoms with Gasteiger partial charge in [0.15, 0.2) is 6.10 Å². The van der Waals surface area contributed by atoms with Gasteiger partial charge in [0.2, 0.25) is 0 Å². The molecular weight excluding hydrogens is 346 g/mol. The average Bonchev–Trinajstić information content (AvgIpc) is 2.55. The van der Waals surface area contributed by atoms with Crippen molar-refractivity contribution in [2.45, 2.75) is 65.7 Å². The molecule has 0 radical (unpaired) electrons. The molecule has 2 atom stereocenters. The average molecular weight is 377 g/mol. The first-order chi connectivity index (χ1) is 12.4. The first-order valence-electron chi connectivity index (χ1n) is 9.13. The third kappa shape index (κ3) is 7.41. The summed E-state index contributed by atoms with van der Waals surface area (Å²) in [5, 5.41) is 0. The van der Waals surface area contributed by atoms with Gasteiger partial charge < -0.3 is 14.4 Å². The summed E-state index contributed by atoms with van der Waals surface area (Å²) < 4.78 is 10.7. The third-order valence-electron chi connectivity index (χ3n) is 3.91. The SMILES string of the molecule is CC(=O)O[C@@H](C(=O)N(C)[C@@H](Cc1ccccc1)C(=O)OC(C)(C)C)C(C)C. The topological polar surface area (TPSA) is 72.9 Å². The zero-order valence-electron chi connectivity index (χ0n) is 17.3. The summed E-state index contributed by atoms with van der Waals surface area (Å²) in [4.78, 5) is 38.5. The molecule has 6 heteroatoms. The second kappa shape index (κ2) is 9.53. The van der Waals surface area contributed by atoms with Crippen LogP contribution in [0.3, 0.4) is 0 Å². The standard InChI is InChI=1S/C21H31NO5/c1-14(2)18(26-15(3)23)19(24)22(7)17(20(25)27-21(4,5)6)13-16-11-9-8-10-12-16/h8-12,14,17-18H,13H2,1-7H3/t17-,18+/m0/s1. The molecule has 1 aromatic rings.